The van der Waals surface area contributed by atoms with Crippen molar-refractivity contribution in [3.8, 4) is 0 Å². The molecule has 0 atom stereocenters. The second-order valence-corrected chi connectivity index (χ2v) is 4.12. The van der Waals surface area contributed by atoms with Crippen LogP contribution in [0.3, 0.4) is 0 Å². The Morgan fingerprint density at radius 2 is 1.86 bits per heavy atom. The summed E-state index contributed by atoms with van der Waals surface area (Å²) in [4.78, 5) is 1.70. The van der Waals surface area contributed by atoms with Gasteiger partial charge in [0.05, 0.1) is 11.3 Å². The van der Waals surface area contributed by atoms with Gasteiger partial charge in [0.1, 0.15) is 5.82 Å². The lowest BCUT2D eigenvalue weighted by Gasteiger charge is -2.20. The van der Waals surface area contributed by atoms with E-state index in [4.69, 9.17) is 0 Å². The van der Waals surface area contributed by atoms with Gasteiger partial charge in [0.25, 0.3) is 0 Å². The highest BCUT2D eigenvalue weighted by atomic mass is 19.1. The largest absolute Gasteiger partial charge is 0.386 e. The molecule has 0 radical (unpaired) electrons. The third-order valence-corrected chi connectivity index (χ3v) is 2.14. The van der Waals surface area contributed by atoms with Gasteiger partial charge in [-0.25, -0.2) is 4.39 Å². The molecule has 3 heteroatoms. The van der Waals surface area contributed by atoms with Crippen LogP contribution in [-0.2, 0) is 5.60 Å². The first-order chi connectivity index (χ1) is 6.32. The smallest absolute Gasteiger partial charge is 0.146 e. The Morgan fingerprint density at radius 1 is 1.29 bits per heavy atom. The number of halogens is 1. The van der Waals surface area contributed by atoms with Crippen molar-refractivity contribution in [2.24, 2.45) is 0 Å². The summed E-state index contributed by atoms with van der Waals surface area (Å²) in [7, 11) is 3.56. The van der Waals surface area contributed by atoms with E-state index in [9.17, 15) is 9.50 Å². The van der Waals surface area contributed by atoms with Crippen LogP contribution in [0, 0.1) is 5.82 Å². The lowest BCUT2D eigenvalue weighted by molar-refractivity contribution is 0.0782. The molecule has 0 aliphatic rings. The van der Waals surface area contributed by atoms with Gasteiger partial charge in [0, 0.05) is 14.1 Å². The van der Waals surface area contributed by atoms with Crippen molar-refractivity contribution < 1.29 is 9.50 Å². The number of anilines is 1. The summed E-state index contributed by atoms with van der Waals surface area (Å²) in [6.07, 6.45) is 0. The van der Waals surface area contributed by atoms with Gasteiger partial charge in [-0.2, -0.15) is 0 Å². The molecule has 14 heavy (non-hydrogen) atoms. The maximum atomic E-state index is 13.5. The van der Waals surface area contributed by atoms with Gasteiger partial charge in [-0.05, 0) is 31.5 Å². The molecule has 0 heterocycles. The standard InChI is InChI=1S/C11H16FNO/c1-11(2,14)8-5-6-10(13(3)4)9(12)7-8/h5-7,14H,1-4H3. The number of benzene rings is 1. The zero-order valence-corrected chi connectivity index (χ0v) is 9.00. The van der Waals surface area contributed by atoms with E-state index in [-0.39, 0.29) is 5.82 Å². The fraction of sp³-hybridized carbons (Fsp3) is 0.455. The molecule has 1 rings (SSSR count). The van der Waals surface area contributed by atoms with Crippen LogP contribution < -0.4 is 4.90 Å². The molecule has 1 aromatic rings. The van der Waals surface area contributed by atoms with Crippen LogP contribution in [0.2, 0.25) is 0 Å². The van der Waals surface area contributed by atoms with E-state index in [2.05, 4.69) is 0 Å². The average Bonchev–Trinajstić information content (AvgIpc) is 2.01. The van der Waals surface area contributed by atoms with Crippen molar-refractivity contribution in [1.29, 1.82) is 0 Å². The molecule has 0 aliphatic heterocycles. The molecule has 0 spiro atoms. The van der Waals surface area contributed by atoms with Gasteiger partial charge < -0.3 is 10.0 Å². The fourth-order valence-electron chi connectivity index (χ4n) is 1.25. The van der Waals surface area contributed by atoms with Crippen LogP contribution in [0.4, 0.5) is 10.1 Å². The zero-order valence-electron chi connectivity index (χ0n) is 9.00. The van der Waals surface area contributed by atoms with Crippen LogP contribution in [0.15, 0.2) is 18.2 Å². The van der Waals surface area contributed by atoms with E-state index in [1.807, 2.05) is 0 Å². The van der Waals surface area contributed by atoms with Crippen molar-refractivity contribution in [3.05, 3.63) is 29.6 Å². The highest BCUT2D eigenvalue weighted by Crippen LogP contribution is 2.25. The predicted octanol–water partition coefficient (Wildman–Crippen LogP) is 2.12. The fourth-order valence-corrected chi connectivity index (χ4v) is 1.25. The summed E-state index contributed by atoms with van der Waals surface area (Å²) < 4.78 is 13.5. The van der Waals surface area contributed by atoms with E-state index in [1.54, 1.807) is 45.0 Å². The lowest BCUT2D eigenvalue weighted by Crippen LogP contribution is -2.17. The summed E-state index contributed by atoms with van der Waals surface area (Å²) in [6.45, 7) is 3.27. The molecular formula is C11H16FNO. The van der Waals surface area contributed by atoms with Gasteiger partial charge in [-0.3, -0.25) is 0 Å². The minimum absolute atomic E-state index is 0.311. The van der Waals surface area contributed by atoms with Crippen LogP contribution in [0.25, 0.3) is 0 Å². The third kappa shape index (κ3) is 2.23. The van der Waals surface area contributed by atoms with Crippen LogP contribution in [0.5, 0.6) is 0 Å². The molecule has 0 saturated carbocycles. The predicted molar refractivity (Wildman–Crippen MR) is 56.0 cm³/mol. The monoisotopic (exact) mass is 197 g/mol. The molecule has 0 aliphatic carbocycles. The van der Waals surface area contributed by atoms with E-state index in [0.29, 0.717) is 11.3 Å². The van der Waals surface area contributed by atoms with E-state index < -0.39 is 5.60 Å². The number of rotatable bonds is 2. The molecule has 0 fully saturated rings. The first-order valence-electron chi connectivity index (χ1n) is 4.52. The van der Waals surface area contributed by atoms with Gasteiger partial charge in [0.2, 0.25) is 0 Å². The maximum Gasteiger partial charge on any atom is 0.146 e. The first-order valence-corrected chi connectivity index (χ1v) is 4.52. The topological polar surface area (TPSA) is 23.5 Å². The Balaban J connectivity index is 3.13. The number of hydrogen-bond donors (Lipinski definition) is 1. The Hall–Kier alpha value is -1.09. The van der Waals surface area contributed by atoms with E-state index in [1.165, 1.54) is 6.07 Å². The van der Waals surface area contributed by atoms with Gasteiger partial charge in [-0.15, -0.1) is 0 Å². The highest BCUT2D eigenvalue weighted by Gasteiger charge is 2.17. The molecule has 0 bridgehead atoms. The molecular weight excluding hydrogens is 181 g/mol. The molecule has 78 valence electrons. The second kappa shape index (κ2) is 3.58. The van der Waals surface area contributed by atoms with Crippen LogP contribution in [-0.4, -0.2) is 19.2 Å². The molecule has 2 nitrogen and oxygen atoms in total. The quantitative estimate of drug-likeness (QED) is 0.785. The summed E-state index contributed by atoms with van der Waals surface area (Å²) in [5.41, 5.74) is 0.115. The van der Waals surface area contributed by atoms with E-state index in [0.717, 1.165) is 0 Å². The summed E-state index contributed by atoms with van der Waals surface area (Å²) in [6, 6.07) is 4.77. The summed E-state index contributed by atoms with van der Waals surface area (Å²) >= 11 is 0. The second-order valence-electron chi connectivity index (χ2n) is 4.12. The molecule has 0 amide bonds. The van der Waals surface area contributed by atoms with Crippen molar-refractivity contribution in [2.45, 2.75) is 19.4 Å². The SMILES string of the molecule is CN(C)c1ccc(C(C)(C)O)cc1F. The Morgan fingerprint density at radius 3 is 2.21 bits per heavy atom. The Labute approximate surface area is 84.0 Å². The molecule has 0 unspecified atom stereocenters. The number of aliphatic hydroxyl groups is 1. The number of nitrogens with zero attached hydrogens (tertiary/aromatic N) is 1. The lowest BCUT2D eigenvalue weighted by atomic mass is 9.98. The van der Waals surface area contributed by atoms with Crippen LogP contribution in [0.1, 0.15) is 19.4 Å². The van der Waals surface area contributed by atoms with Crippen LogP contribution >= 0.6 is 0 Å². The maximum absolute atomic E-state index is 13.5. The average molecular weight is 197 g/mol. The third-order valence-electron chi connectivity index (χ3n) is 2.14. The summed E-state index contributed by atoms with van der Waals surface area (Å²) in [5.74, 6) is -0.311. The van der Waals surface area contributed by atoms with Crippen molar-refractivity contribution in [1.82, 2.24) is 0 Å². The van der Waals surface area contributed by atoms with Gasteiger partial charge >= 0.3 is 0 Å². The minimum atomic E-state index is -0.994. The molecule has 1 N–H and O–H groups in total. The summed E-state index contributed by atoms with van der Waals surface area (Å²) in [5, 5.41) is 9.66. The van der Waals surface area contributed by atoms with Crippen molar-refractivity contribution >= 4 is 5.69 Å². The van der Waals surface area contributed by atoms with Gasteiger partial charge in [0.15, 0.2) is 0 Å². The minimum Gasteiger partial charge on any atom is -0.386 e. The Kier molecular flexibility index (Phi) is 2.81. The number of hydrogen-bond acceptors (Lipinski definition) is 2. The van der Waals surface area contributed by atoms with Crippen molar-refractivity contribution in [2.75, 3.05) is 19.0 Å². The first kappa shape index (κ1) is 11.0. The highest BCUT2D eigenvalue weighted by molar-refractivity contribution is 5.48. The van der Waals surface area contributed by atoms with Gasteiger partial charge in [-0.1, -0.05) is 6.07 Å². The normalized spacial score (nSPS) is 11.6. The molecule has 1 aromatic carbocycles. The molecule has 0 saturated heterocycles. The Bertz CT molecular complexity index is 329. The zero-order chi connectivity index (χ0) is 10.9. The van der Waals surface area contributed by atoms with Crippen molar-refractivity contribution in [3.63, 3.8) is 0 Å². The van der Waals surface area contributed by atoms with E-state index >= 15 is 0 Å². The molecule has 0 aromatic heterocycles.